The maximum atomic E-state index is 12.8. The molecule has 0 fully saturated rings. The Labute approximate surface area is 172 Å². The van der Waals surface area contributed by atoms with Gasteiger partial charge in [-0.15, -0.1) is 0 Å². The maximum absolute atomic E-state index is 12.8. The highest BCUT2D eigenvalue weighted by molar-refractivity contribution is 6.07. The molecule has 0 saturated carbocycles. The SMILES string of the molecule is CCc1cc(CNc2ncccc2C(=O)Nc2ccc(C(C)(C)C)cc2)ccn1. The first kappa shape index (κ1) is 20.5. The predicted molar refractivity (Wildman–Crippen MR) is 118 cm³/mol. The van der Waals surface area contributed by atoms with Gasteiger partial charge in [-0.2, -0.15) is 0 Å². The van der Waals surface area contributed by atoms with E-state index in [9.17, 15) is 4.79 Å². The molecular formula is C24H28N4O. The molecule has 0 bridgehead atoms. The third-order valence-corrected chi connectivity index (χ3v) is 4.76. The fourth-order valence-corrected chi connectivity index (χ4v) is 3.00. The van der Waals surface area contributed by atoms with Crippen molar-refractivity contribution in [3.8, 4) is 0 Å². The number of nitrogens with zero attached hydrogens (tertiary/aromatic N) is 2. The molecule has 0 atom stereocenters. The monoisotopic (exact) mass is 388 g/mol. The highest BCUT2D eigenvalue weighted by atomic mass is 16.1. The number of nitrogens with one attached hydrogen (secondary N) is 2. The Bertz CT molecular complexity index is 975. The third-order valence-electron chi connectivity index (χ3n) is 4.76. The van der Waals surface area contributed by atoms with Crippen LogP contribution >= 0.6 is 0 Å². The largest absolute Gasteiger partial charge is 0.365 e. The van der Waals surface area contributed by atoms with Crippen LogP contribution in [0, 0.1) is 0 Å². The quantitative estimate of drug-likeness (QED) is 0.609. The molecular weight excluding hydrogens is 360 g/mol. The van der Waals surface area contributed by atoms with Gasteiger partial charge in [-0.3, -0.25) is 9.78 Å². The summed E-state index contributed by atoms with van der Waals surface area (Å²) in [6.07, 6.45) is 4.38. The molecule has 1 amide bonds. The number of anilines is 2. The van der Waals surface area contributed by atoms with Crippen LogP contribution in [-0.2, 0) is 18.4 Å². The molecule has 3 aromatic rings. The van der Waals surface area contributed by atoms with Gasteiger partial charge in [0, 0.05) is 30.3 Å². The van der Waals surface area contributed by atoms with Gasteiger partial charge in [-0.25, -0.2) is 4.98 Å². The van der Waals surface area contributed by atoms with E-state index in [1.165, 1.54) is 5.56 Å². The molecule has 150 valence electrons. The molecule has 29 heavy (non-hydrogen) atoms. The number of aryl methyl sites for hydroxylation is 1. The fraction of sp³-hybridized carbons (Fsp3) is 0.292. The van der Waals surface area contributed by atoms with Gasteiger partial charge >= 0.3 is 0 Å². The molecule has 0 aliphatic rings. The van der Waals surface area contributed by atoms with E-state index in [1.54, 1.807) is 18.3 Å². The number of benzene rings is 1. The van der Waals surface area contributed by atoms with Crippen molar-refractivity contribution in [2.24, 2.45) is 0 Å². The van der Waals surface area contributed by atoms with Gasteiger partial charge in [0.05, 0.1) is 5.56 Å². The minimum atomic E-state index is -0.187. The van der Waals surface area contributed by atoms with Crippen molar-refractivity contribution in [1.82, 2.24) is 9.97 Å². The zero-order valence-corrected chi connectivity index (χ0v) is 17.5. The second kappa shape index (κ2) is 8.86. The third kappa shape index (κ3) is 5.41. The number of aromatic nitrogens is 2. The topological polar surface area (TPSA) is 66.9 Å². The lowest BCUT2D eigenvalue weighted by atomic mass is 9.87. The van der Waals surface area contributed by atoms with E-state index in [-0.39, 0.29) is 11.3 Å². The summed E-state index contributed by atoms with van der Waals surface area (Å²) in [4.78, 5) is 21.5. The van der Waals surface area contributed by atoms with Crippen molar-refractivity contribution >= 4 is 17.4 Å². The van der Waals surface area contributed by atoms with E-state index in [1.807, 2.05) is 36.5 Å². The van der Waals surface area contributed by atoms with Crippen molar-refractivity contribution in [3.05, 3.63) is 83.3 Å². The first-order valence-corrected chi connectivity index (χ1v) is 9.91. The van der Waals surface area contributed by atoms with Gasteiger partial charge in [0.25, 0.3) is 5.91 Å². The lowest BCUT2D eigenvalue weighted by Crippen LogP contribution is -2.16. The highest BCUT2D eigenvalue weighted by Crippen LogP contribution is 2.24. The molecule has 0 saturated heterocycles. The maximum Gasteiger partial charge on any atom is 0.259 e. The number of pyridine rings is 2. The van der Waals surface area contributed by atoms with Crippen LogP contribution in [0.3, 0.4) is 0 Å². The molecule has 0 radical (unpaired) electrons. The lowest BCUT2D eigenvalue weighted by Gasteiger charge is -2.19. The van der Waals surface area contributed by atoms with Gasteiger partial charge in [-0.1, -0.05) is 39.8 Å². The van der Waals surface area contributed by atoms with Crippen LogP contribution in [0.4, 0.5) is 11.5 Å². The molecule has 0 spiro atoms. The summed E-state index contributed by atoms with van der Waals surface area (Å²) < 4.78 is 0. The average molecular weight is 389 g/mol. The summed E-state index contributed by atoms with van der Waals surface area (Å²) in [7, 11) is 0. The molecule has 3 rings (SSSR count). The van der Waals surface area contributed by atoms with Crippen molar-refractivity contribution in [1.29, 1.82) is 0 Å². The zero-order valence-electron chi connectivity index (χ0n) is 17.5. The molecule has 2 heterocycles. The van der Waals surface area contributed by atoms with Crippen LogP contribution in [0.25, 0.3) is 0 Å². The van der Waals surface area contributed by atoms with E-state index in [0.717, 1.165) is 23.4 Å². The van der Waals surface area contributed by atoms with Crippen LogP contribution in [0.15, 0.2) is 60.9 Å². The second-order valence-corrected chi connectivity index (χ2v) is 8.04. The molecule has 0 aliphatic carbocycles. The Morgan fingerprint density at radius 2 is 1.76 bits per heavy atom. The van der Waals surface area contributed by atoms with Gasteiger partial charge in [-0.05, 0) is 59.4 Å². The number of rotatable bonds is 6. The molecule has 5 nitrogen and oxygen atoms in total. The predicted octanol–water partition coefficient (Wildman–Crippen LogP) is 5.20. The van der Waals surface area contributed by atoms with Gasteiger partial charge < -0.3 is 10.6 Å². The zero-order chi connectivity index (χ0) is 20.9. The fourth-order valence-electron chi connectivity index (χ4n) is 3.00. The summed E-state index contributed by atoms with van der Waals surface area (Å²) in [5.74, 6) is 0.374. The van der Waals surface area contributed by atoms with Crippen LogP contribution in [0.2, 0.25) is 0 Å². The van der Waals surface area contributed by atoms with E-state index >= 15 is 0 Å². The van der Waals surface area contributed by atoms with Gasteiger partial charge in [0.1, 0.15) is 5.82 Å². The van der Waals surface area contributed by atoms with Crippen LogP contribution in [-0.4, -0.2) is 15.9 Å². The summed E-state index contributed by atoms with van der Waals surface area (Å²) in [6.45, 7) is 9.16. The average Bonchev–Trinajstić information content (AvgIpc) is 2.72. The first-order chi connectivity index (χ1) is 13.9. The van der Waals surface area contributed by atoms with Crippen molar-refractivity contribution in [3.63, 3.8) is 0 Å². The molecule has 1 aromatic carbocycles. The summed E-state index contributed by atoms with van der Waals surface area (Å²) in [5.41, 5.74) is 4.72. The minimum absolute atomic E-state index is 0.0770. The summed E-state index contributed by atoms with van der Waals surface area (Å²) >= 11 is 0. The Morgan fingerprint density at radius 1 is 1.00 bits per heavy atom. The number of amides is 1. The Kier molecular flexibility index (Phi) is 6.27. The van der Waals surface area contributed by atoms with E-state index in [0.29, 0.717) is 17.9 Å². The normalized spacial score (nSPS) is 11.2. The molecule has 0 unspecified atom stereocenters. The van der Waals surface area contributed by atoms with E-state index in [2.05, 4.69) is 54.4 Å². The van der Waals surface area contributed by atoms with E-state index < -0.39 is 0 Å². The number of hydrogen-bond donors (Lipinski definition) is 2. The number of carbonyl (C=O) groups is 1. The van der Waals surface area contributed by atoms with Gasteiger partial charge in [0.15, 0.2) is 0 Å². The van der Waals surface area contributed by atoms with E-state index in [4.69, 9.17) is 0 Å². The minimum Gasteiger partial charge on any atom is -0.365 e. The Hall–Kier alpha value is -3.21. The molecule has 2 N–H and O–H groups in total. The van der Waals surface area contributed by atoms with Crippen molar-refractivity contribution in [2.45, 2.75) is 46.1 Å². The van der Waals surface area contributed by atoms with Gasteiger partial charge in [0.2, 0.25) is 0 Å². The number of hydrogen-bond acceptors (Lipinski definition) is 4. The number of carbonyl (C=O) groups excluding carboxylic acids is 1. The second-order valence-electron chi connectivity index (χ2n) is 8.04. The smallest absolute Gasteiger partial charge is 0.259 e. The van der Waals surface area contributed by atoms with Crippen molar-refractivity contribution < 1.29 is 4.79 Å². The molecule has 5 heteroatoms. The lowest BCUT2D eigenvalue weighted by molar-refractivity contribution is 0.102. The van der Waals surface area contributed by atoms with Crippen LogP contribution < -0.4 is 10.6 Å². The first-order valence-electron chi connectivity index (χ1n) is 9.91. The standard InChI is InChI=1S/C24H28N4O/c1-5-19-15-17(12-14-25-19)16-27-22-21(7-6-13-26-22)23(29)28-20-10-8-18(9-11-20)24(2,3)4/h6-15H,5,16H2,1-4H3,(H,26,27)(H,28,29). The summed E-state index contributed by atoms with van der Waals surface area (Å²) in [6, 6.07) is 15.5. The summed E-state index contributed by atoms with van der Waals surface area (Å²) in [5, 5.41) is 6.24. The van der Waals surface area contributed by atoms with Crippen LogP contribution in [0.5, 0.6) is 0 Å². The highest BCUT2D eigenvalue weighted by Gasteiger charge is 2.15. The molecule has 0 aliphatic heterocycles. The Balaban J connectivity index is 1.71. The molecule has 2 aromatic heterocycles. The van der Waals surface area contributed by atoms with Crippen LogP contribution in [0.1, 0.15) is 54.9 Å². The Morgan fingerprint density at radius 3 is 2.45 bits per heavy atom. The van der Waals surface area contributed by atoms with Crippen molar-refractivity contribution in [2.75, 3.05) is 10.6 Å².